The van der Waals surface area contributed by atoms with Gasteiger partial charge in [0.2, 0.25) is 5.89 Å². The van der Waals surface area contributed by atoms with E-state index in [0.29, 0.717) is 11.8 Å². The lowest BCUT2D eigenvalue weighted by Crippen LogP contribution is -2.28. The molecule has 2 aromatic rings. The average Bonchev–Trinajstić information content (AvgIpc) is 3.19. The molecule has 22 heavy (non-hydrogen) atoms. The fourth-order valence-electron chi connectivity index (χ4n) is 2.99. The molecule has 0 saturated carbocycles. The number of nitrogens with zero attached hydrogens (tertiary/aromatic N) is 4. The molecule has 0 bridgehead atoms. The first-order valence-electron chi connectivity index (χ1n) is 8.34. The van der Waals surface area contributed by atoms with Crippen molar-refractivity contribution in [1.82, 2.24) is 25.0 Å². The van der Waals surface area contributed by atoms with Crippen molar-refractivity contribution in [3.63, 3.8) is 0 Å². The summed E-state index contributed by atoms with van der Waals surface area (Å²) in [5.74, 6) is 3.16. The Morgan fingerprint density at radius 1 is 1.50 bits per heavy atom. The van der Waals surface area contributed by atoms with Crippen molar-refractivity contribution in [3.05, 3.63) is 29.9 Å². The van der Waals surface area contributed by atoms with E-state index in [4.69, 9.17) is 4.52 Å². The number of hydrogen-bond acceptors (Lipinski definition) is 5. The van der Waals surface area contributed by atoms with Crippen LogP contribution in [0, 0.1) is 0 Å². The quantitative estimate of drug-likeness (QED) is 0.852. The molecule has 2 atom stereocenters. The number of rotatable bonds is 7. The highest BCUT2D eigenvalue weighted by atomic mass is 16.5. The van der Waals surface area contributed by atoms with Crippen molar-refractivity contribution in [3.8, 4) is 0 Å². The fraction of sp³-hybridized carbons (Fsp3) is 0.688. The molecule has 1 N–H and O–H groups in total. The van der Waals surface area contributed by atoms with Crippen LogP contribution in [0.25, 0.3) is 0 Å². The van der Waals surface area contributed by atoms with Crippen molar-refractivity contribution in [2.24, 2.45) is 0 Å². The largest absolute Gasteiger partial charge is 0.338 e. The smallest absolute Gasteiger partial charge is 0.243 e. The molecular weight excluding hydrogens is 278 g/mol. The van der Waals surface area contributed by atoms with Gasteiger partial charge in [-0.2, -0.15) is 4.98 Å². The van der Waals surface area contributed by atoms with Gasteiger partial charge in [0.25, 0.3) is 0 Å². The normalized spacial score (nSPS) is 19.1. The van der Waals surface area contributed by atoms with E-state index < -0.39 is 0 Å². The highest BCUT2D eigenvalue weighted by Gasteiger charge is 2.23. The lowest BCUT2D eigenvalue weighted by Gasteiger charge is -2.24. The summed E-state index contributed by atoms with van der Waals surface area (Å²) in [6.45, 7) is 6.22. The van der Waals surface area contributed by atoms with Crippen LogP contribution in [0.3, 0.4) is 0 Å². The van der Waals surface area contributed by atoms with Crippen LogP contribution >= 0.6 is 0 Å². The zero-order valence-corrected chi connectivity index (χ0v) is 13.5. The molecule has 0 spiro atoms. The van der Waals surface area contributed by atoms with Gasteiger partial charge in [-0.1, -0.05) is 18.5 Å². The molecule has 6 nitrogen and oxygen atoms in total. The molecule has 0 aliphatic carbocycles. The minimum atomic E-state index is 0.0771. The molecule has 3 heterocycles. The maximum absolute atomic E-state index is 5.37. The molecular formula is C16H25N5O. The molecule has 0 fully saturated rings. The predicted octanol–water partition coefficient (Wildman–Crippen LogP) is 2.84. The molecule has 0 unspecified atom stereocenters. The van der Waals surface area contributed by atoms with Crippen LogP contribution in [0.4, 0.5) is 0 Å². The van der Waals surface area contributed by atoms with Gasteiger partial charge in [-0.3, -0.25) is 0 Å². The fourth-order valence-corrected chi connectivity index (χ4v) is 2.99. The molecule has 0 aromatic carbocycles. The van der Waals surface area contributed by atoms with E-state index in [1.54, 1.807) is 0 Å². The summed E-state index contributed by atoms with van der Waals surface area (Å²) in [7, 11) is 0. The summed E-state index contributed by atoms with van der Waals surface area (Å²) < 4.78 is 7.63. The SMILES string of the molecule is CCCCc1noc([C@@H](C)NC[C@@H]2CCCn3ccnc32)n1. The minimum Gasteiger partial charge on any atom is -0.338 e. The van der Waals surface area contributed by atoms with E-state index in [2.05, 4.69) is 45.1 Å². The first-order valence-corrected chi connectivity index (χ1v) is 8.34. The van der Waals surface area contributed by atoms with Gasteiger partial charge in [-0.25, -0.2) is 4.98 Å². The monoisotopic (exact) mass is 303 g/mol. The third-order valence-corrected chi connectivity index (χ3v) is 4.34. The van der Waals surface area contributed by atoms with Crippen molar-refractivity contribution < 1.29 is 4.52 Å². The molecule has 0 amide bonds. The van der Waals surface area contributed by atoms with Gasteiger partial charge in [0.05, 0.1) is 6.04 Å². The number of hydrogen-bond donors (Lipinski definition) is 1. The standard InChI is InChI=1S/C16H25N5O/c1-3-4-7-14-19-16(22-20-14)12(2)18-11-13-6-5-9-21-10-8-17-15(13)21/h8,10,12-13,18H,3-7,9,11H2,1-2H3/t12-,13+/m1/s1. The second-order valence-corrected chi connectivity index (χ2v) is 6.10. The number of aromatic nitrogens is 4. The lowest BCUT2D eigenvalue weighted by atomic mass is 9.98. The Morgan fingerprint density at radius 3 is 3.27 bits per heavy atom. The lowest BCUT2D eigenvalue weighted by molar-refractivity contribution is 0.325. The third-order valence-electron chi connectivity index (χ3n) is 4.34. The van der Waals surface area contributed by atoms with Crippen molar-refractivity contribution >= 4 is 0 Å². The Bertz CT molecular complexity index is 591. The third kappa shape index (κ3) is 3.38. The number of fused-ring (bicyclic) bond motifs is 1. The Hall–Kier alpha value is -1.69. The molecule has 6 heteroatoms. The van der Waals surface area contributed by atoms with E-state index in [9.17, 15) is 0 Å². The first kappa shape index (κ1) is 15.2. The molecule has 2 aromatic heterocycles. The van der Waals surface area contributed by atoms with Gasteiger partial charge >= 0.3 is 0 Å². The highest BCUT2D eigenvalue weighted by Crippen LogP contribution is 2.25. The van der Waals surface area contributed by atoms with Crippen LogP contribution in [-0.4, -0.2) is 26.2 Å². The summed E-state index contributed by atoms with van der Waals surface area (Å²) in [6, 6.07) is 0.0771. The molecule has 120 valence electrons. The Balaban J connectivity index is 1.54. The van der Waals surface area contributed by atoms with Gasteiger partial charge in [0.1, 0.15) is 5.82 Å². The molecule has 0 saturated heterocycles. The number of aryl methyl sites for hydroxylation is 2. The van der Waals surface area contributed by atoms with E-state index in [1.165, 1.54) is 18.7 Å². The number of nitrogens with one attached hydrogen (secondary N) is 1. The van der Waals surface area contributed by atoms with E-state index in [0.717, 1.165) is 38.2 Å². The minimum absolute atomic E-state index is 0.0771. The second kappa shape index (κ2) is 7.05. The summed E-state index contributed by atoms with van der Waals surface area (Å²) in [4.78, 5) is 8.98. The second-order valence-electron chi connectivity index (χ2n) is 6.10. The summed E-state index contributed by atoms with van der Waals surface area (Å²) in [6.07, 6.45) is 9.51. The van der Waals surface area contributed by atoms with Gasteiger partial charge in [-0.15, -0.1) is 0 Å². The zero-order chi connectivity index (χ0) is 15.4. The van der Waals surface area contributed by atoms with E-state index in [-0.39, 0.29) is 6.04 Å². The highest BCUT2D eigenvalue weighted by molar-refractivity contribution is 5.04. The molecule has 0 radical (unpaired) electrons. The maximum atomic E-state index is 5.37. The average molecular weight is 303 g/mol. The van der Waals surface area contributed by atoms with Crippen LogP contribution in [-0.2, 0) is 13.0 Å². The van der Waals surface area contributed by atoms with E-state index >= 15 is 0 Å². The Kier molecular flexibility index (Phi) is 4.87. The van der Waals surface area contributed by atoms with Crippen molar-refractivity contribution in [1.29, 1.82) is 0 Å². The first-order chi connectivity index (χ1) is 10.8. The van der Waals surface area contributed by atoms with Crippen LogP contribution in [0.1, 0.15) is 69.0 Å². The molecule has 3 rings (SSSR count). The Morgan fingerprint density at radius 2 is 2.41 bits per heavy atom. The summed E-state index contributed by atoms with van der Waals surface area (Å²) in [5, 5.41) is 7.57. The zero-order valence-electron chi connectivity index (χ0n) is 13.5. The number of unbranched alkanes of at least 4 members (excludes halogenated alkanes) is 1. The maximum Gasteiger partial charge on any atom is 0.243 e. The number of imidazole rings is 1. The summed E-state index contributed by atoms with van der Waals surface area (Å²) in [5.41, 5.74) is 0. The van der Waals surface area contributed by atoms with Crippen LogP contribution in [0.2, 0.25) is 0 Å². The van der Waals surface area contributed by atoms with Gasteiger partial charge in [-0.05, 0) is 26.2 Å². The molecule has 1 aliphatic heterocycles. The summed E-state index contributed by atoms with van der Waals surface area (Å²) >= 11 is 0. The van der Waals surface area contributed by atoms with Gasteiger partial charge in [0, 0.05) is 37.8 Å². The van der Waals surface area contributed by atoms with Gasteiger partial charge in [0.15, 0.2) is 5.82 Å². The van der Waals surface area contributed by atoms with Crippen molar-refractivity contribution in [2.75, 3.05) is 6.54 Å². The van der Waals surface area contributed by atoms with Crippen molar-refractivity contribution in [2.45, 2.75) is 64.5 Å². The van der Waals surface area contributed by atoms with Gasteiger partial charge < -0.3 is 14.4 Å². The van der Waals surface area contributed by atoms with Crippen LogP contribution in [0.15, 0.2) is 16.9 Å². The topological polar surface area (TPSA) is 68.8 Å². The van der Waals surface area contributed by atoms with E-state index in [1.807, 2.05) is 6.20 Å². The van der Waals surface area contributed by atoms with Crippen LogP contribution in [0.5, 0.6) is 0 Å². The molecule has 1 aliphatic rings. The Labute approximate surface area is 131 Å². The predicted molar refractivity (Wildman–Crippen MR) is 83.5 cm³/mol. The van der Waals surface area contributed by atoms with Crippen LogP contribution < -0.4 is 5.32 Å².